The Hall–Kier alpha value is -2.04. The SMILES string of the molecule is CC(C)(C)n1ncc2c1CCC[C@H]2NC(=O)c1ccco1. The van der Waals surface area contributed by atoms with Crippen molar-refractivity contribution < 1.29 is 9.21 Å². The normalized spacial score (nSPS) is 18.3. The molecule has 2 aromatic rings. The number of furan rings is 1. The summed E-state index contributed by atoms with van der Waals surface area (Å²) in [4.78, 5) is 12.2. The highest BCUT2D eigenvalue weighted by atomic mass is 16.3. The van der Waals surface area contributed by atoms with Gasteiger partial charge in [0, 0.05) is 11.3 Å². The third kappa shape index (κ3) is 2.60. The maximum absolute atomic E-state index is 12.2. The zero-order chi connectivity index (χ0) is 15.0. The van der Waals surface area contributed by atoms with Crippen LogP contribution < -0.4 is 5.32 Å². The summed E-state index contributed by atoms with van der Waals surface area (Å²) in [6, 6.07) is 3.42. The molecule has 3 rings (SSSR count). The predicted octanol–water partition coefficient (Wildman–Crippen LogP) is 3.04. The minimum Gasteiger partial charge on any atom is -0.459 e. The molecule has 112 valence electrons. The van der Waals surface area contributed by atoms with Gasteiger partial charge in [-0.25, -0.2) is 0 Å². The molecule has 1 aliphatic carbocycles. The summed E-state index contributed by atoms with van der Waals surface area (Å²) in [6.07, 6.45) is 6.42. The van der Waals surface area contributed by atoms with E-state index >= 15 is 0 Å². The van der Waals surface area contributed by atoms with Crippen LogP contribution in [0.3, 0.4) is 0 Å². The molecule has 21 heavy (non-hydrogen) atoms. The molecule has 1 aliphatic rings. The summed E-state index contributed by atoms with van der Waals surface area (Å²) in [6.45, 7) is 6.43. The highest BCUT2D eigenvalue weighted by molar-refractivity contribution is 5.91. The lowest BCUT2D eigenvalue weighted by atomic mass is 9.92. The summed E-state index contributed by atoms with van der Waals surface area (Å²) < 4.78 is 7.23. The van der Waals surface area contributed by atoms with Crippen LogP contribution in [0.2, 0.25) is 0 Å². The van der Waals surface area contributed by atoms with Crippen LogP contribution in [0.15, 0.2) is 29.0 Å². The number of hydrogen-bond donors (Lipinski definition) is 1. The maximum Gasteiger partial charge on any atom is 0.287 e. The average Bonchev–Trinajstić information content (AvgIpc) is 3.07. The van der Waals surface area contributed by atoms with Crippen molar-refractivity contribution in [1.29, 1.82) is 0 Å². The van der Waals surface area contributed by atoms with Crippen LogP contribution in [0.25, 0.3) is 0 Å². The first-order valence-corrected chi connectivity index (χ1v) is 7.38. The van der Waals surface area contributed by atoms with Crippen molar-refractivity contribution in [2.24, 2.45) is 0 Å². The molecule has 5 nitrogen and oxygen atoms in total. The molecular weight excluding hydrogens is 266 g/mol. The van der Waals surface area contributed by atoms with Crippen molar-refractivity contribution in [2.75, 3.05) is 0 Å². The fourth-order valence-corrected chi connectivity index (χ4v) is 2.92. The van der Waals surface area contributed by atoms with Gasteiger partial charge in [-0.15, -0.1) is 0 Å². The number of carbonyl (C=O) groups excluding carboxylic acids is 1. The van der Waals surface area contributed by atoms with Crippen molar-refractivity contribution in [1.82, 2.24) is 15.1 Å². The van der Waals surface area contributed by atoms with Crippen molar-refractivity contribution >= 4 is 5.91 Å². The molecule has 0 radical (unpaired) electrons. The van der Waals surface area contributed by atoms with Crippen LogP contribution in [0, 0.1) is 0 Å². The Morgan fingerprint density at radius 2 is 2.29 bits per heavy atom. The minimum atomic E-state index is -0.165. The van der Waals surface area contributed by atoms with E-state index in [1.165, 1.54) is 12.0 Å². The van der Waals surface area contributed by atoms with Crippen LogP contribution >= 0.6 is 0 Å². The molecule has 0 aliphatic heterocycles. The number of rotatable bonds is 2. The number of hydrogen-bond acceptors (Lipinski definition) is 3. The van der Waals surface area contributed by atoms with Gasteiger partial charge in [0.25, 0.3) is 5.91 Å². The fourth-order valence-electron chi connectivity index (χ4n) is 2.92. The Bertz CT molecular complexity index is 635. The number of carbonyl (C=O) groups is 1. The van der Waals surface area contributed by atoms with Gasteiger partial charge >= 0.3 is 0 Å². The number of nitrogens with zero attached hydrogens (tertiary/aromatic N) is 2. The standard InChI is InChI=1S/C16H21N3O2/c1-16(2,3)19-13-7-4-6-12(11(13)10-17-19)18-15(20)14-8-5-9-21-14/h5,8-10,12H,4,6-7H2,1-3H3,(H,18,20)/t12-/m1/s1. The van der Waals surface area contributed by atoms with Crippen LogP contribution in [-0.2, 0) is 12.0 Å². The Labute approximate surface area is 124 Å². The van der Waals surface area contributed by atoms with Gasteiger partial charge in [0.2, 0.25) is 0 Å². The molecule has 0 spiro atoms. The van der Waals surface area contributed by atoms with Gasteiger partial charge in [-0.05, 0) is 52.2 Å². The first kappa shape index (κ1) is 13.9. The second-order valence-corrected chi connectivity index (χ2v) is 6.52. The van der Waals surface area contributed by atoms with Crippen molar-refractivity contribution in [3.8, 4) is 0 Å². The van der Waals surface area contributed by atoms with Crippen LogP contribution in [0.4, 0.5) is 0 Å². The molecule has 0 bridgehead atoms. The smallest absolute Gasteiger partial charge is 0.287 e. The first-order chi connectivity index (χ1) is 9.97. The van der Waals surface area contributed by atoms with E-state index in [-0.39, 0.29) is 17.5 Å². The van der Waals surface area contributed by atoms with Gasteiger partial charge in [-0.2, -0.15) is 5.10 Å². The summed E-state index contributed by atoms with van der Waals surface area (Å²) in [5.41, 5.74) is 2.33. The first-order valence-electron chi connectivity index (χ1n) is 7.38. The lowest BCUT2D eigenvalue weighted by Gasteiger charge is -2.28. The van der Waals surface area contributed by atoms with Crippen LogP contribution in [0.5, 0.6) is 0 Å². The minimum absolute atomic E-state index is 0.0162. The van der Waals surface area contributed by atoms with E-state index in [2.05, 4.69) is 35.9 Å². The quantitative estimate of drug-likeness (QED) is 0.923. The van der Waals surface area contributed by atoms with Crippen molar-refractivity contribution in [3.63, 3.8) is 0 Å². The molecule has 0 saturated heterocycles. The highest BCUT2D eigenvalue weighted by Crippen LogP contribution is 2.32. The largest absolute Gasteiger partial charge is 0.459 e. The molecule has 1 amide bonds. The van der Waals surface area contributed by atoms with Gasteiger partial charge in [0.1, 0.15) is 0 Å². The molecule has 0 aromatic carbocycles. The number of aromatic nitrogens is 2. The summed E-state index contributed by atoms with van der Waals surface area (Å²) in [5.74, 6) is 0.187. The van der Waals surface area contributed by atoms with Gasteiger partial charge < -0.3 is 9.73 Å². The lowest BCUT2D eigenvalue weighted by Crippen LogP contribution is -2.32. The fraction of sp³-hybridized carbons (Fsp3) is 0.500. The number of fused-ring (bicyclic) bond motifs is 1. The van der Waals surface area contributed by atoms with Gasteiger partial charge in [-0.3, -0.25) is 9.48 Å². The summed E-state index contributed by atoms with van der Waals surface area (Å²) >= 11 is 0. The number of amides is 1. The molecule has 2 heterocycles. The lowest BCUT2D eigenvalue weighted by molar-refractivity contribution is 0.0904. The van der Waals surface area contributed by atoms with Gasteiger partial charge in [0.15, 0.2) is 5.76 Å². The van der Waals surface area contributed by atoms with Crippen LogP contribution in [0.1, 0.15) is 61.5 Å². The zero-order valence-electron chi connectivity index (χ0n) is 12.7. The monoisotopic (exact) mass is 287 g/mol. The molecular formula is C16H21N3O2. The Morgan fingerprint density at radius 1 is 1.48 bits per heavy atom. The van der Waals surface area contributed by atoms with Gasteiger partial charge in [0.05, 0.1) is 24.0 Å². The Balaban J connectivity index is 1.85. The Kier molecular flexibility index (Phi) is 3.35. The molecule has 1 N–H and O–H groups in total. The molecule has 2 aromatic heterocycles. The maximum atomic E-state index is 12.2. The third-order valence-corrected chi connectivity index (χ3v) is 3.87. The zero-order valence-corrected chi connectivity index (χ0v) is 12.7. The van der Waals surface area contributed by atoms with E-state index in [4.69, 9.17) is 4.42 Å². The van der Waals surface area contributed by atoms with Crippen molar-refractivity contribution in [3.05, 3.63) is 41.6 Å². The molecule has 0 saturated carbocycles. The topological polar surface area (TPSA) is 60.1 Å². The molecule has 1 atom stereocenters. The molecule has 0 unspecified atom stereocenters. The van der Waals surface area contributed by atoms with E-state index in [1.54, 1.807) is 12.1 Å². The second kappa shape index (κ2) is 5.06. The summed E-state index contributed by atoms with van der Waals surface area (Å²) in [5, 5.41) is 7.59. The molecule has 5 heteroatoms. The third-order valence-electron chi connectivity index (χ3n) is 3.87. The van der Waals surface area contributed by atoms with Crippen molar-refractivity contribution in [2.45, 2.75) is 51.6 Å². The predicted molar refractivity (Wildman–Crippen MR) is 79.1 cm³/mol. The summed E-state index contributed by atoms with van der Waals surface area (Å²) in [7, 11) is 0. The average molecular weight is 287 g/mol. The molecule has 0 fully saturated rings. The number of nitrogens with one attached hydrogen (secondary N) is 1. The second-order valence-electron chi connectivity index (χ2n) is 6.52. The van der Waals surface area contributed by atoms with E-state index in [1.807, 2.05) is 6.20 Å². The van der Waals surface area contributed by atoms with E-state index < -0.39 is 0 Å². The van der Waals surface area contributed by atoms with Crippen LogP contribution in [-0.4, -0.2) is 15.7 Å². The van der Waals surface area contributed by atoms with E-state index in [0.717, 1.165) is 24.8 Å². The van der Waals surface area contributed by atoms with Gasteiger partial charge in [-0.1, -0.05) is 0 Å². The highest BCUT2D eigenvalue weighted by Gasteiger charge is 2.29. The van der Waals surface area contributed by atoms with E-state index in [0.29, 0.717) is 5.76 Å². The van der Waals surface area contributed by atoms with E-state index in [9.17, 15) is 4.79 Å². The Morgan fingerprint density at radius 3 is 2.95 bits per heavy atom.